The van der Waals surface area contributed by atoms with Gasteiger partial charge in [-0.15, -0.1) is 0 Å². The molecule has 0 saturated carbocycles. The standard InChI is InChI=1S/C19H21ClN2O2S/c1-2-24-18-15(7-5-10-21-18)19(23)22-11-9-17(25-13-12-22)14-6-3-4-8-16(14)20/h3-8,10,17H,2,9,11-13H2,1H3. The molecule has 2 aromatic rings. The molecule has 1 amide bonds. The number of carbonyl (C=O) groups is 1. The minimum absolute atomic E-state index is 0.0167. The first-order chi connectivity index (χ1) is 12.2. The molecule has 6 heteroatoms. The fourth-order valence-corrected chi connectivity index (χ4v) is 4.53. The summed E-state index contributed by atoms with van der Waals surface area (Å²) in [6.07, 6.45) is 2.53. The average Bonchev–Trinajstić information content (AvgIpc) is 2.88. The molecule has 4 nitrogen and oxygen atoms in total. The zero-order valence-electron chi connectivity index (χ0n) is 14.2. The predicted octanol–water partition coefficient (Wildman–Crippen LogP) is 4.45. The lowest BCUT2D eigenvalue weighted by Crippen LogP contribution is -2.33. The van der Waals surface area contributed by atoms with E-state index in [1.54, 1.807) is 18.3 Å². The number of rotatable bonds is 4. The molecule has 0 aliphatic carbocycles. The van der Waals surface area contributed by atoms with Crippen LogP contribution < -0.4 is 4.74 Å². The Kier molecular flexibility index (Phi) is 6.21. The third-order valence-corrected chi connectivity index (χ3v) is 5.82. The fraction of sp³-hybridized carbons (Fsp3) is 0.368. The van der Waals surface area contributed by atoms with Gasteiger partial charge in [0.1, 0.15) is 5.56 Å². The third kappa shape index (κ3) is 4.28. The summed E-state index contributed by atoms with van der Waals surface area (Å²) >= 11 is 8.20. The van der Waals surface area contributed by atoms with E-state index in [-0.39, 0.29) is 5.91 Å². The maximum absolute atomic E-state index is 12.9. The highest BCUT2D eigenvalue weighted by Gasteiger charge is 2.25. The van der Waals surface area contributed by atoms with E-state index in [0.29, 0.717) is 36.4 Å². The molecule has 25 heavy (non-hydrogen) atoms. The SMILES string of the molecule is CCOc1ncccc1C(=O)N1CCSC(c2ccccc2Cl)CC1. The van der Waals surface area contributed by atoms with Crippen molar-refractivity contribution in [3.05, 3.63) is 58.7 Å². The lowest BCUT2D eigenvalue weighted by Gasteiger charge is -2.21. The number of thioether (sulfide) groups is 1. The Morgan fingerprint density at radius 1 is 1.32 bits per heavy atom. The van der Waals surface area contributed by atoms with Crippen LogP contribution in [0, 0.1) is 0 Å². The van der Waals surface area contributed by atoms with Crippen molar-refractivity contribution in [3.63, 3.8) is 0 Å². The summed E-state index contributed by atoms with van der Waals surface area (Å²) < 4.78 is 5.51. The summed E-state index contributed by atoms with van der Waals surface area (Å²) in [4.78, 5) is 19.0. The molecule has 0 spiro atoms. The van der Waals surface area contributed by atoms with Crippen molar-refractivity contribution in [2.24, 2.45) is 0 Å². The van der Waals surface area contributed by atoms with Gasteiger partial charge in [0.15, 0.2) is 0 Å². The van der Waals surface area contributed by atoms with Gasteiger partial charge in [-0.25, -0.2) is 4.98 Å². The van der Waals surface area contributed by atoms with Gasteiger partial charge in [-0.1, -0.05) is 29.8 Å². The van der Waals surface area contributed by atoms with Gasteiger partial charge in [0.25, 0.3) is 5.91 Å². The Labute approximate surface area is 157 Å². The number of amides is 1. The van der Waals surface area contributed by atoms with Crippen LogP contribution in [0.15, 0.2) is 42.6 Å². The van der Waals surface area contributed by atoms with Crippen LogP contribution >= 0.6 is 23.4 Å². The molecule has 1 fully saturated rings. The molecule has 0 radical (unpaired) electrons. The lowest BCUT2D eigenvalue weighted by atomic mass is 10.1. The molecule has 1 aliphatic rings. The van der Waals surface area contributed by atoms with Gasteiger partial charge >= 0.3 is 0 Å². The van der Waals surface area contributed by atoms with Gasteiger partial charge in [-0.3, -0.25) is 4.79 Å². The molecular weight excluding hydrogens is 356 g/mol. The van der Waals surface area contributed by atoms with E-state index in [0.717, 1.165) is 22.8 Å². The highest BCUT2D eigenvalue weighted by atomic mass is 35.5. The van der Waals surface area contributed by atoms with Crippen LogP contribution in [-0.2, 0) is 0 Å². The van der Waals surface area contributed by atoms with Crippen LogP contribution in [0.4, 0.5) is 0 Å². The molecule has 1 atom stereocenters. The highest BCUT2D eigenvalue weighted by Crippen LogP contribution is 2.38. The van der Waals surface area contributed by atoms with Crippen LogP contribution in [0.1, 0.15) is 34.5 Å². The summed E-state index contributed by atoms with van der Waals surface area (Å²) in [6, 6.07) is 11.5. The maximum Gasteiger partial charge on any atom is 0.259 e. The maximum atomic E-state index is 12.9. The highest BCUT2D eigenvalue weighted by molar-refractivity contribution is 7.99. The fourth-order valence-electron chi connectivity index (χ4n) is 2.93. The van der Waals surface area contributed by atoms with Crippen LogP contribution in [0.3, 0.4) is 0 Å². The first kappa shape index (κ1) is 18.1. The van der Waals surface area contributed by atoms with Crippen molar-refractivity contribution >= 4 is 29.3 Å². The number of aromatic nitrogens is 1. The quantitative estimate of drug-likeness (QED) is 0.790. The van der Waals surface area contributed by atoms with Gasteiger partial charge in [-0.05, 0) is 37.1 Å². The number of hydrogen-bond donors (Lipinski definition) is 0. The van der Waals surface area contributed by atoms with Crippen molar-refractivity contribution in [1.29, 1.82) is 0 Å². The molecule has 132 valence electrons. The minimum Gasteiger partial charge on any atom is -0.477 e. The number of carbonyl (C=O) groups excluding carboxylic acids is 1. The monoisotopic (exact) mass is 376 g/mol. The van der Waals surface area contributed by atoms with E-state index in [9.17, 15) is 4.79 Å². The second kappa shape index (κ2) is 8.59. The van der Waals surface area contributed by atoms with Gasteiger partial charge < -0.3 is 9.64 Å². The summed E-state index contributed by atoms with van der Waals surface area (Å²) in [7, 11) is 0. The van der Waals surface area contributed by atoms with Crippen molar-refractivity contribution in [3.8, 4) is 5.88 Å². The van der Waals surface area contributed by atoms with Gasteiger partial charge in [0.05, 0.1) is 6.61 Å². The zero-order chi connectivity index (χ0) is 17.6. The first-order valence-electron chi connectivity index (χ1n) is 8.43. The smallest absolute Gasteiger partial charge is 0.259 e. The molecule has 3 rings (SSSR count). The van der Waals surface area contributed by atoms with Gasteiger partial charge in [-0.2, -0.15) is 11.8 Å². The number of benzene rings is 1. The second-order valence-electron chi connectivity index (χ2n) is 5.75. The van der Waals surface area contributed by atoms with Crippen LogP contribution in [0.5, 0.6) is 5.88 Å². The van der Waals surface area contributed by atoms with Crippen LogP contribution in [0.2, 0.25) is 5.02 Å². The molecule has 0 N–H and O–H groups in total. The van der Waals surface area contributed by atoms with E-state index >= 15 is 0 Å². The largest absolute Gasteiger partial charge is 0.477 e. The van der Waals surface area contributed by atoms with Gasteiger partial charge in [0, 0.05) is 35.3 Å². The van der Waals surface area contributed by atoms with E-state index in [1.165, 1.54) is 0 Å². The molecular formula is C19H21ClN2O2S. The molecule has 1 saturated heterocycles. The first-order valence-corrected chi connectivity index (χ1v) is 9.86. The Bertz CT molecular complexity index is 741. The Morgan fingerprint density at radius 3 is 2.96 bits per heavy atom. The molecule has 1 aromatic heterocycles. The Hall–Kier alpha value is -1.72. The Morgan fingerprint density at radius 2 is 2.16 bits per heavy atom. The molecule has 1 aromatic carbocycles. The number of ether oxygens (including phenoxy) is 1. The lowest BCUT2D eigenvalue weighted by molar-refractivity contribution is 0.0761. The van der Waals surface area contributed by atoms with Crippen molar-refractivity contribution in [2.45, 2.75) is 18.6 Å². The van der Waals surface area contributed by atoms with E-state index in [4.69, 9.17) is 16.3 Å². The summed E-state index contributed by atoms with van der Waals surface area (Å²) in [5.41, 5.74) is 1.69. The summed E-state index contributed by atoms with van der Waals surface area (Å²) in [5.74, 6) is 1.28. The predicted molar refractivity (Wildman–Crippen MR) is 103 cm³/mol. The van der Waals surface area contributed by atoms with E-state index < -0.39 is 0 Å². The number of halogens is 1. The van der Waals surface area contributed by atoms with Crippen molar-refractivity contribution in [2.75, 3.05) is 25.4 Å². The minimum atomic E-state index is -0.0167. The topological polar surface area (TPSA) is 42.4 Å². The average molecular weight is 377 g/mol. The normalized spacial score (nSPS) is 17.8. The van der Waals surface area contributed by atoms with Crippen molar-refractivity contribution in [1.82, 2.24) is 9.88 Å². The molecule has 2 heterocycles. The second-order valence-corrected chi connectivity index (χ2v) is 7.47. The third-order valence-electron chi connectivity index (χ3n) is 4.16. The molecule has 1 unspecified atom stereocenters. The van der Waals surface area contributed by atoms with Crippen molar-refractivity contribution < 1.29 is 9.53 Å². The van der Waals surface area contributed by atoms with E-state index in [1.807, 2.05) is 41.8 Å². The summed E-state index contributed by atoms with van der Waals surface area (Å²) in [5, 5.41) is 1.11. The number of hydrogen-bond acceptors (Lipinski definition) is 4. The van der Waals surface area contributed by atoms with Gasteiger partial charge in [0.2, 0.25) is 5.88 Å². The Balaban J connectivity index is 1.73. The van der Waals surface area contributed by atoms with E-state index in [2.05, 4.69) is 11.1 Å². The number of pyridine rings is 1. The van der Waals surface area contributed by atoms with Crippen LogP contribution in [-0.4, -0.2) is 41.2 Å². The molecule has 1 aliphatic heterocycles. The number of nitrogens with zero attached hydrogens (tertiary/aromatic N) is 2. The van der Waals surface area contributed by atoms with Crippen LogP contribution in [0.25, 0.3) is 0 Å². The molecule has 0 bridgehead atoms. The zero-order valence-corrected chi connectivity index (χ0v) is 15.7. The summed E-state index contributed by atoms with van der Waals surface area (Å²) in [6.45, 7) is 3.79.